The first-order valence-corrected chi connectivity index (χ1v) is 13.9. The number of amides is 2. The number of alkyl carbamates (subject to hydrolysis) is 1. The van der Waals surface area contributed by atoms with Crippen molar-refractivity contribution < 1.29 is 23.5 Å². The minimum absolute atomic E-state index is 0.0933. The molecule has 0 aliphatic rings. The van der Waals surface area contributed by atoms with E-state index in [0.29, 0.717) is 18.6 Å². The van der Waals surface area contributed by atoms with Crippen molar-refractivity contribution in [3.63, 3.8) is 0 Å². The molecule has 38 heavy (non-hydrogen) atoms. The van der Waals surface area contributed by atoms with Gasteiger partial charge in [0.15, 0.2) is 5.78 Å². The summed E-state index contributed by atoms with van der Waals surface area (Å²) < 4.78 is 10.7. The van der Waals surface area contributed by atoms with Crippen LogP contribution in [0.25, 0.3) is 0 Å². The van der Waals surface area contributed by atoms with Gasteiger partial charge in [0.05, 0.1) is 23.8 Å². The van der Waals surface area contributed by atoms with Crippen molar-refractivity contribution in [1.82, 2.24) is 10.6 Å². The molecule has 0 aliphatic carbocycles. The van der Waals surface area contributed by atoms with Gasteiger partial charge in [-0.3, -0.25) is 9.59 Å². The van der Waals surface area contributed by atoms with Crippen LogP contribution in [0, 0.1) is 12.8 Å². The number of carbonyl (C=O) groups excluding carboxylic acids is 3. The van der Waals surface area contributed by atoms with Crippen molar-refractivity contribution in [2.24, 2.45) is 5.92 Å². The summed E-state index contributed by atoms with van der Waals surface area (Å²) in [5.41, 5.74) is 2.85. The third-order valence-corrected chi connectivity index (χ3v) is 6.97. The molecule has 2 atom stereocenters. The highest BCUT2D eigenvalue weighted by Gasteiger charge is 2.28. The SMILES string of the molecule is Cc1ccccc1COC(=O)N[C@@H](CC(C)C)C(=O)N[C@@H](Cc1ccccc1)C(=O)CSCc1ccco1. The molecule has 3 rings (SSSR count). The zero-order valence-corrected chi connectivity index (χ0v) is 23.0. The topological polar surface area (TPSA) is 97.6 Å². The third kappa shape index (κ3) is 9.74. The molecule has 7 nitrogen and oxygen atoms in total. The molecule has 1 heterocycles. The van der Waals surface area contributed by atoms with E-state index in [9.17, 15) is 14.4 Å². The van der Waals surface area contributed by atoms with Crippen molar-refractivity contribution in [3.05, 3.63) is 95.4 Å². The van der Waals surface area contributed by atoms with E-state index in [-0.39, 0.29) is 24.1 Å². The zero-order valence-electron chi connectivity index (χ0n) is 22.1. The third-order valence-electron chi connectivity index (χ3n) is 5.99. The predicted molar refractivity (Wildman–Crippen MR) is 150 cm³/mol. The maximum atomic E-state index is 13.4. The van der Waals surface area contributed by atoms with Crippen LogP contribution in [0.1, 0.15) is 42.7 Å². The van der Waals surface area contributed by atoms with Gasteiger partial charge in [0.2, 0.25) is 5.91 Å². The van der Waals surface area contributed by atoms with E-state index >= 15 is 0 Å². The average Bonchev–Trinajstić information content (AvgIpc) is 3.41. The number of hydrogen-bond donors (Lipinski definition) is 2. The molecule has 1 aromatic heterocycles. The maximum absolute atomic E-state index is 13.4. The summed E-state index contributed by atoms with van der Waals surface area (Å²) in [7, 11) is 0. The second-order valence-electron chi connectivity index (χ2n) is 9.62. The van der Waals surface area contributed by atoms with E-state index in [1.165, 1.54) is 11.8 Å². The van der Waals surface area contributed by atoms with Crippen LogP contribution in [0.4, 0.5) is 4.79 Å². The van der Waals surface area contributed by atoms with Gasteiger partial charge in [0, 0.05) is 0 Å². The number of aryl methyl sites for hydroxylation is 1. The lowest BCUT2D eigenvalue weighted by molar-refractivity contribution is -0.128. The van der Waals surface area contributed by atoms with Crippen LogP contribution < -0.4 is 10.6 Å². The first-order valence-electron chi connectivity index (χ1n) is 12.8. The molecule has 0 radical (unpaired) electrons. The first-order chi connectivity index (χ1) is 18.3. The Labute approximate surface area is 228 Å². The van der Waals surface area contributed by atoms with Crippen LogP contribution in [0.3, 0.4) is 0 Å². The Morgan fingerprint density at radius 1 is 0.921 bits per heavy atom. The van der Waals surface area contributed by atoms with E-state index in [4.69, 9.17) is 9.15 Å². The summed E-state index contributed by atoms with van der Waals surface area (Å²) in [5.74, 6) is 1.21. The van der Waals surface area contributed by atoms with E-state index in [1.807, 2.05) is 87.5 Å². The van der Waals surface area contributed by atoms with Crippen LogP contribution >= 0.6 is 11.8 Å². The lowest BCUT2D eigenvalue weighted by Gasteiger charge is -2.24. The van der Waals surface area contributed by atoms with Gasteiger partial charge in [-0.15, -0.1) is 11.8 Å². The molecular formula is C30H36N2O5S. The molecule has 2 amide bonds. The average molecular weight is 537 g/mol. The monoisotopic (exact) mass is 536 g/mol. The molecule has 0 saturated heterocycles. The highest BCUT2D eigenvalue weighted by Crippen LogP contribution is 2.15. The molecule has 8 heteroatoms. The molecular weight excluding hydrogens is 500 g/mol. The quantitative estimate of drug-likeness (QED) is 0.284. The summed E-state index contributed by atoms with van der Waals surface area (Å²) in [6, 6.07) is 19.3. The molecule has 2 N–H and O–H groups in total. The van der Waals surface area contributed by atoms with Gasteiger partial charge in [0.1, 0.15) is 18.4 Å². The van der Waals surface area contributed by atoms with Crippen molar-refractivity contribution in [2.45, 2.75) is 58.1 Å². The predicted octanol–water partition coefficient (Wildman–Crippen LogP) is 5.46. The number of furan rings is 1. The minimum atomic E-state index is -0.832. The molecule has 2 aromatic carbocycles. The molecule has 0 fully saturated rings. The second kappa shape index (κ2) is 15.0. The van der Waals surface area contributed by atoms with Crippen LogP contribution in [-0.4, -0.2) is 35.6 Å². The Kier molecular flexibility index (Phi) is 11.5. The lowest BCUT2D eigenvalue weighted by atomic mass is 10.00. The van der Waals surface area contributed by atoms with Crippen molar-refractivity contribution in [2.75, 3.05) is 5.75 Å². The van der Waals surface area contributed by atoms with Gasteiger partial charge in [-0.25, -0.2) is 4.79 Å². The van der Waals surface area contributed by atoms with Gasteiger partial charge in [-0.1, -0.05) is 68.4 Å². The number of carbonyl (C=O) groups is 3. The Morgan fingerprint density at radius 3 is 2.34 bits per heavy atom. The minimum Gasteiger partial charge on any atom is -0.468 e. The summed E-state index contributed by atoms with van der Waals surface area (Å²) in [5, 5.41) is 5.61. The number of thioether (sulfide) groups is 1. The summed E-state index contributed by atoms with van der Waals surface area (Å²) in [6.45, 7) is 6.00. The van der Waals surface area contributed by atoms with Crippen molar-refractivity contribution in [1.29, 1.82) is 0 Å². The van der Waals surface area contributed by atoms with Gasteiger partial charge >= 0.3 is 6.09 Å². The summed E-state index contributed by atoms with van der Waals surface area (Å²) >= 11 is 1.44. The number of ketones is 1. The van der Waals surface area contributed by atoms with Crippen LogP contribution in [0.2, 0.25) is 0 Å². The highest BCUT2D eigenvalue weighted by molar-refractivity contribution is 7.99. The van der Waals surface area contributed by atoms with E-state index in [1.54, 1.807) is 6.26 Å². The smallest absolute Gasteiger partial charge is 0.408 e. The standard InChI is InChI=1S/C30H36N2O5S/c1-21(2)16-27(32-30(35)37-18-24-13-8-7-10-22(24)3)29(34)31-26(17-23-11-5-4-6-12-23)28(33)20-38-19-25-14-9-15-36-25/h4-15,21,26-27H,16-20H2,1-3H3,(H,31,34)(H,32,35)/t26-,27-/m0/s1. The van der Waals surface area contributed by atoms with Crippen LogP contribution in [0.15, 0.2) is 77.4 Å². The molecule has 0 aliphatic heterocycles. The fourth-order valence-corrected chi connectivity index (χ4v) is 4.79. The van der Waals surface area contributed by atoms with E-state index < -0.39 is 24.1 Å². The number of hydrogen-bond acceptors (Lipinski definition) is 6. The Bertz CT molecular complexity index is 1160. The number of rotatable bonds is 14. The number of ether oxygens (including phenoxy) is 1. The molecule has 202 valence electrons. The molecule has 3 aromatic rings. The van der Waals surface area contributed by atoms with Crippen LogP contribution in [0.5, 0.6) is 0 Å². The maximum Gasteiger partial charge on any atom is 0.408 e. The van der Waals surface area contributed by atoms with Gasteiger partial charge in [0.25, 0.3) is 0 Å². The largest absolute Gasteiger partial charge is 0.468 e. The van der Waals surface area contributed by atoms with E-state index in [2.05, 4.69) is 10.6 Å². The molecule has 0 saturated carbocycles. The Hall–Kier alpha value is -3.52. The molecule has 0 bridgehead atoms. The van der Waals surface area contributed by atoms with Crippen LogP contribution in [-0.2, 0) is 33.1 Å². The highest BCUT2D eigenvalue weighted by atomic mass is 32.2. The normalized spacial score (nSPS) is 12.5. The Morgan fingerprint density at radius 2 is 1.66 bits per heavy atom. The summed E-state index contributed by atoms with van der Waals surface area (Å²) in [6.07, 6.45) is 1.70. The second-order valence-corrected chi connectivity index (χ2v) is 10.6. The number of Topliss-reactive ketones (excluding diaryl/α,β-unsaturated/α-hetero) is 1. The first kappa shape index (κ1) is 29.0. The van der Waals surface area contributed by atoms with Gasteiger partial charge in [-0.2, -0.15) is 0 Å². The van der Waals surface area contributed by atoms with Crippen molar-refractivity contribution >= 4 is 29.5 Å². The van der Waals surface area contributed by atoms with Crippen molar-refractivity contribution in [3.8, 4) is 0 Å². The fraction of sp³-hybridized carbons (Fsp3) is 0.367. The molecule has 0 spiro atoms. The molecule has 0 unspecified atom stereocenters. The number of nitrogens with one attached hydrogen (secondary N) is 2. The lowest BCUT2D eigenvalue weighted by Crippen LogP contribution is -2.53. The zero-order chi connectivity index (χ0) is 27.3. The van der Waals surface area contributed by atoms with Gasteiger partial charge < -0.3 is 19.8 Å². The summed E-state index contributed by atoms with van der Waals surface area (Å²) in [4.78, 5) is 39.1. The van der Waals surface area contributed by atoms with E-state index in [0.717, 1.165) is 22.5 Å². The van der Waals surface area contributed by atoms with Gasteiger partial charge in [-0.05, 0) is 54.5 Å². The Balaban J connectivity index is 1.64. The fourth-order valence-electron chi connectivity index (χ4n) is 3.92. The number of benzene rings is 2.